The van der Waals surface area contributed by atoms with E-state index in [0.29, 0.717) is 5.56 Å². The minimum absolute atomic E-state index is 0.00368. The van der Waals surface area contributed by atoms with E-state index in [4.69, 9.17) is 10.5 Å². The second-order valence-corrected chi connectivity index (χ2v) is 7.09. The molecule has 2 aromatic rings. The number of nitrogens with zero attached hydrogens (tertiary/aromatic N) is 1. The van der Waals surface area contributed by atoms with Gasteiger partial charge in [0.1, 0.15) is 23.3 Å². The van der Waals surface area contributed by atoms with Crippen molar-refractivity contribution in [3.05, 3.63) is 53.2 Å². The van der Waals surface area contributed by atoms with Gasteiger partial charge in [-0.25, -0.2) is 18.2 Å². The Balaban J connectivity index is 2.23. The fourth-order valence-corrected chi connectivity index (χ4v) is 3.16. The molecule has 0 amide bonds. The van der Waals surface area contributed by atoms with Crippen LogP contribution in [0.4, 0.5) is 13.2 Å². The molecule has 1 aliphatic heterocycles. The van der Waals surface area contributed by atoms with Crippen LogP contribution in [0.3, 0.4) is 0 Å². The number of aliphatic hydroxyl groups is 1. The molecule has 0 spiro atoms. The topological polar surface area (TPSA) is 68.4 Å². The summed E-state index contributed by atoms with van der Waals surface area (Å²) in [5.74, 6) is -1.19. The van der Waals surface area contributed by atoms with Gasteiger partial charge in [0, 0.05) is 24.1 Å². The average molecular weight is 366 g/mol. The van der Waals surface area contributed by atoms with Gasteiger partial charge >= 0.3 is 0 Å². The number of hydrogen-bond acceptors (Lipinski definition) is 4. The van der Waals surface area contributed by atoms with E-state index in [-0.39, 0.29) is 36.5 Å². The first kappa shape index (κ1) is 18.8. The molecule has 4 nitrogen and oxygen atoms in total. The van der Waals surface area contributed by atoms with Crippen molar-refractivity contribution in [2.75, 3.05) is 13.2 Å². The SMILES string of the molecule is CC(C)(O)c1cc(C2(CN)CC(F)CO2)nc(-c2ccc(F)cc2)c1F. The lowest BCUT2D eigenvalue weighted by Crippen LogP contribution is -2.36. The Bertz CT molecular complexity index is 806. The summed E-state index contributed by atoms with van der Waals surface area (Å²) >= 11 is 0. The zero-order valence-electron chi connectivity index (χ0n) is 14.6. The quantitative estimate of drug-likeness (QED) is 0.872. The number of alkyl halides is 1. The van der Waals surface area contributed by atoms with Crippen LogP contribution in [-0.2, 0) is 15.9 Å². The standard InChI is InChI=1S/C19H21F3N2O2/c1-18(2,25)14-7-15(19(10-23)8-13(21)9-26-19)24-17(16(14)22)11-3-5-12(20)6-4-11/h3-7,13,25H,8-10,23H2,1-2H3. The van der Waals surface area contributed by atoms with Gasteiger partial charge in [-0.15, -0.1) is 0 Å². The molecule has 3 rings (SSSR count). The van der Waals surface area contributed by atoms with Crippen molar-refractivity contribution in [3.8, 4) is 11.3 Å². The summed E-state index contributed by atoms with van der Waals surface area (Å²) in [6, 6.07) is 6.53. The Morgan fingerprint density at radius 1 is 1.31 bits per heavy atom. The zero-order chi connectivity index (χ0) is 19.1. The van der Waals surface area contributed by atoms with Crippen LogP contribution >= 0.6 is 0 Å². The smallest absolute Gasteiger partial charge is 0.155 e. The van der Waals surface area contributed by atoms with E-state index < -0.39 is 29.0 Å². The molecule has 1 saturated heterocycles. The summed E-state index contributed by atoms with van der Waals surface area (Å²) in [6.45, 7) is 2.71. The van der Waals surface area contributed by atoms with Crippen LogP contribution in [0.15, 0.2) is 30.3 Å². The third-order valence-electron chi connectivity index (χ3n) is 4.62. The lowest BCUT2D eigenvalue weighted by atomic mass is 9.89. The Morgan fingerprint density at radius 3 is 2.46 bits per heavy atom. The lowest BCUT2D eigenvalue weighted by molar-refractivity contribution is 0.00232. The van der Waals surface area contributed by atoms with Crippen LogP contribution < -0.4 is 5.73 Å². The first-order valence-corrected chi connectivity index (χ1v) is 8.34. The molecular weight excluding hydrogens is 345 g/mol. The lowest BCUT2D eigenvalue weighted by Gasteiger charge is -2.29. The van der Waals surface area contributed by atoms with Crippen molar-refractivity contribution in [3.63, 3.8) is 0 Å². The van der Waals surface area contributed by atoms with Gasteiger partial charge in [-0.3, -0.25) is 0 Å². The van der Waals surface area contributed by atoms with E-state index in [1.54, 1.807) is 0 Å². The fourth-order valence-electron chi connectivity index (χ4n) is 3.16. The van der Waals surface area contributed by atoms with Gasteiger partial charge in [-0.05, 0) is 44.2 Å². The number of aromatic nitrogens is 1. The molecule has 26 heavy (non-hydrogen) atoms. The molecule has 1 aromatic heterocycles. The van der Waals surface area contributed by atoms with Gasteiger partial charge in [0.05, 0.1) is 17.9 Å². The van der Waals surface area contributed by atoms with Crippen molar-refractivity contribution in [2.45, 2.75) is 37.6 Å². The minimum Gasteiger partial charge on any atom is -0.386 e. The van der Waals surface area contributed by atoms with Crippen molar-refractivity contribution in [2.24, 2.45) is 5.73 Å². The molecule has 2 atom stereocenters. The zero-order valence-corrected chi connectivity index (χ0v) is 14.6. The number of pyridine rings is 1. The number of ether oxygens (including phenoxy) is 1. The van der Waals surface area contributed by atoms with Crippen LogP contribution in [0, 0.1) is 11.6 Å². The molecule has 0 radical (unpaired) electrons. The van der Waals surface area contributed by atoms with Crippen LogP contribution in [-0.4, -0.2) is 29.4 Å². The molecule has 1 aliphatic rings. The number of nitrogens with two attached hydrogens (primary N) is 1. The summed E-state index contributed by atoms with van der Waals surface area (Å²) in [6.07, 6.45) is -1.21. The second kappa shape index (κ2) is 6.64. The summed E-state index contributed by atoms with van der Waals surface area (Å²) in [5.41, 5.74) is 3.62. The number of halogens is 3. The molecule has 7 heteroatoms. The van der Waals surface area contributed by atoms with E-state index in [0.717, 1.165) is 0 Å². The molecule has 140 valence electrons. The maximum absolute atomic E-state index is 15.1. The predicted octanol–water partition coefficient (Wildman–Crippen LogP) is 3.17. The van der Waals surface area contributed by atoms with Crippen molar-refractivity contribution >= 4 is 0 Å². The van der Waals surface area contributed by atoms with Crippen molar-refractivity contribution < 1.29 is 23.0 Å². The third kappa shape index (κ3) is 3.34. The summed E-state index contributed by atoms with van der Waals surface area (Å²) < 4.78 is 47.7. The highest BCUT2D eigenvalue weighted by atomic mass is 19.1. The second-order valence-electron chi connectivity index (χ2n) is 7.09. The van der Waals surface area contributed by atoms with Crippen LogP contribution in [0.25, 0.3) is 11.3 Å². The largest absolute Gasteiger partial charge is 0.386 e. The van der Waals surface area contributed by atoms with E-state index in [9.17, 15) is 13.9 Å². The van der Waals surface area contributed by atoms with Gasteiger partial charge in [-0.1, -0.05) is 0 Å². The average Bonchev–Trinajstić information content (AvgIpc) is 2.97. The third-order valence-corrected chi connectivity index (χ3v) is 4.62. The molecular formula is C19H21F3N2O2. The Kier molecular flexibility index (Phi) is 4.81. The van der Waals surface area contributed by atoms with Crippen LogP contribution in [0.5, 0.6) is 0 Å². The molecule has 0 aliphatic carbocycles. The molecule has 0 saturated carbocycles. The van der Waals surface area contributed by atoms with E-state index in [1.165, 1.54) is 44.2 Å². The van der Waals surface area contributed by atoms with Gasteiger partial charge < -0.3 is 15.6 Å². The Labute approximate surface area is 149 Å². The number of benzene rings is 1. The summed E-state index contributed by atoms with van der Waals surface area (Å²) in [5, 5.41) is 10.4. The summed E-state index contributed by atoms with van der Waals surface area (Å²) in [4.78, 5) is 4.33. The molecule has 3 N–H and O–H groups in total. The van der Waals surface area contributed by atoms with Crippen LogP contribution in [0.2, 0.25) is 0 Å². The molecule has 2 heterocycles. The maximum Gasteiger partial charge on any atom is 0.155 e. The van der Waals surface area contributed by atoms with E-state index in [2.05, 4.69) is 4.98 Å². The van der Waals surface area contributed by atoms with E-state index >= 15 is 4.39 Å². The van der Waals surface area contributed by atoms with Gasteiger partial charge in [-0.2, -0.15) is 0 Å². The first-order chi connectivity index (χ1) is 12.2. The Morgan fingerprint density at radius 2 is 1.96 bits per heavy atom. The maximum atomic E-state index is 15.1. The van der Waals surface area contributed by atoms with Gasteiger partial charge in [0.15, 0.2) is 5.82 Å². The van der Waals surface area contributed by atoms with Gasteiger partial charge in [0.25, 0.3) is 0 Å². The first-order valence-electron chi connectivity index (χ1n) is 8.34. The highest BCUT2D eigenvalue weighted by Crippen LogP contribution is 2.39. The molecule has 0 bridgehead atoms. The highest BCUT2D eigenvalue weighted by molar-refractivity contribution is 5.62. The summed E-state index contributed by atoms with van der Waals surface area (Å²) in [7, 11) is 0. The fraction of sp³-hybridized carbons (Fsp3) is 0.421. The number of rotatable bonds is 4. The van der Waals surface area contributed by atoms with E-state index in [1.807, 2.05) is 0 Å². The predicted molar refractivity (Wildman–Crippen MR) is 91.0 cm³/mol. The van der Waals surface area contributed by atoms with Crippen molar-refractivity contribution in [1.29, 1.82) is 0 Å². The molecule has 1 aromatic carbocycles. The van der Waals surface area contributed by atoms with Crippen molar-refractivity contribution in [1.82, 2.24) is 4.98 Å². The number of hydrogen-bond donors (Lipinski definition) is 2. The molecule has 1 fully saturated rings. The minimum atomic E-state index is -1.51. The normalized spacial score (nSPS) is 23.4. The highest BCUT2D eigenvalue weighted by Gasteiger charge is 2.44. The van der Waals surface area contributed by atoms with Gasteiger partial charge in [0.2, 0.25) is 0 Å². The Hall–Kier alpha value is -1.96. The monoisotopic (exact) mass is 366 g/mol. The molecule has 2 unspecified atom stereocenters. The van der Waals surface area contributed by atoms with Crippen LogP contribution in [0.1, 0.15) is 31.5 Å².